The second-order valence-electron chi connectivity index (χ2n) is 8.67. The Hall–Kier alpha value is -0.120. The molecule has 0 aromatic heterocycles. The largest absolute Gasteiger partial charge is 0.367 e. The van der Waals surface area contributed by atoms with Gasteiger partial charge in [-0.25, -0.2) is 0 Å². The third-order valence-electron chi connectivity index (χ3n) is 4.96. The van der Waals surface area contributed by atoms with E-state index in [1.54, 1.807) is 0 Å². The van der Waals surface area contributed by atoms with Gasteiger partial charge in [-0.2, -0.15) is 0 Å². The van der Waals surface area contributed by atoms with Crippen molar-refractivity contribution in [3.8, 4) is 0 Å². The minimum absolute atomic E-state index is 0.0585. The maximum absolute atomic E-state index is 6.45. The van der Waals surface area contributed by atoms with Crippen molar-refractivity contribution in [2.75, 3.05) is 19.6 Å². The molecular formula is C17H34N2O. The second kappa shape index (κ2) is 5.58. The van der Waals surface area contributed by atoms with Gasteiger partial charge in [-0.1, -0.05) is 13.8 Å². The van der Waals surface area contributed by atoms with E-state index >= 15 is 0 Å². The number of hydrogen-bond acceptors (Lipinski definition) is 3. The molecule has 3 heteroatoms. The van der Waals surface area contributed by atoms with E-state index in [1.807, 2.05) is 0 Å². The van der Waals surface area contributed by atoms with Gasteiger partial charge in [0.15, 0.2) is 0 Å². The summed E-state index contributed by atoms with van der Waals surface area (Å²) in [5, 5.41) is 0. The summed E-state index contributed by atoms with van der Waals surface area (Å²) >= 11 is 0. The Morgan fingerprint density at radius 3 is 2.10 bits per heavy atom. The van der Waals surface area contributed by atoms with Crippen LogP contribution in [0, 0.1) is 17.8 Å². The summed E-state index contributed by atoms with van der Waals surface area (Å²) in [4.78, 5) is 2.58. The van der Waals surface area contributed by atoms with Crippen LogP contribution in [0.3, 0.4) is 0 Å². The van der Waals surface area contributed by atoms with E-state index in [0.29, 0.717) is 12.0 Å². The first-order chi connectivity index (χ1) is 9.08. The number of nitrogens with two attached hydrogens (primary N) is 1. The molecule has 0 aromatic rings. The van der Waals surface area contributed by atoms with Crippen LogP contribution in [0.4, 0.5) is 0 Å². The zero-order valence-electron chi connectivity index (χ0n) is 14.3. The van der Waals surface area contributed by atoms with Crippen LogP contribution >= 0.6 is 0 Å². The minimum atomic E-state index is -0.0585. The molecule has 2 aliphatic rings. The monoisotopic (exact) mass is 282 g/mol. The number of morpholine rings is 1. The summed E-state index contributed by atoms with van der Waals surface area (Å²) in [6, 6.07) is 0.364. The van der Waals surface area contributed by atoms with Gasteiger partial charge in [-0.15, -0.1) is 0 Å². The van der Waals surface area contributed by atoms with Gasteiger partial charge in [0.1, 0.15) is 0 Å². The van der Waals surface area contributed by atoms with E-state index in [2.05, 4.69) is 46.4 Å². The highest BCUT2D eigenvalue weighted by molar-refractivity contribution is 4.93. The number of rotatable bonds is 2. The summed E-state index contributed by atoms with van der Waals surface area (Å²) in [6.45, 7) is 16.7. The average molecular weight is 282 g/mol. The highest BCUT2D eigenvalue weighted by Crippen LogP contribution is 2.35. The highest BCUT2D eigenvalue weighted by atomic mass is 16.5. The zero-order valence-corrected chi connectivity index (χ0v) is 14.3. The predicted octanol–water partition coefficient (Wildman–Crippen LogP) is 2.89. The number of hydrogen-bond donors (Lipinski definition) is 1. The van der Waals surface area contributed by atoms with Crippen molar-refractivity contribution >= 4 is 0 Å². The molecule has 0 spiro atoms. The first-order valence-corrected chi connectivity index (χ1v) is 8.26. The highest BCUT2D eigenvalue weighted by Gasteiger charge is 2.40. The van der Waals surface area contributed by atoms with Gasteiger partial charge in [-0.05, 0) is 58.3 Å². The minimum Gasteiger partial charge on any atom is -0.367 e. The lowest BCUT2D eigenvalue weighted by molar-refractivity contribution is -0.183. The molecule has 3 nitrogen and oxygen atoms in total. The Kier molecular flexibility index (Phi) is 4.54. The van der Waals surface area contributed by atoms with E-state index in [0.717, 1.165) is 31.5 Å². The predicted molar refractivity (Wildman–Crippen MR) is 84.7 cm³/mol. The molecule has 1 aliphatic carbocycles. The molecule has 0 amide bonds. The van der Waals surface area contributed by atoms with Gasteiger partial charge in [0.25, 0.3) is 0 Å². The van der Waals surface area contributed by atoms with Crippen molar-refractivity contribution in [1.29, 1.82) is 0 Å². The molecule has 1 saturated heterocycles. The lowest BCUT2D eigenvalue weighted by atomic mass is 9.72. The Labute approximate surface area is 125 Å². The van der Waals surface area contributed by atoms with Crippen LogP contribution in [0.1, 0.15) is 54.4 Å². The van der Waals surface area contributed by atoms with Crippen LogP contribution in [-0.4, -0.2) is 41.8 Å². The summed E-state index contributed by atoms with van der Waals surface area (Å²) in [6.07, 6.45) is 2.52. The summed E-state index contributed by atoms with van der Waals surface area (Å²) in [7, 11) is 0. The van der Waals surface area contributed by atoms with Crippen molar-refractivity contribution < 1.29 is 4.74 Å². The Morgan fingerprint density at radius 2 is 1.60 bits per heavy atom. The molecule has 0 radical (unpaired) electrons. The summed E-state index contributed by atoms with van der Waals surface area (Å²) < 4.78 is 6.18. The maximum atomic E-state index is 6.45. The molecule has 1 heterocycles. The third kappa shape index (κ3) is 3.96. The molecule has 0 aromatic carbocycles. The molecule has 20 heavy (non-hydrogen) atoms. The van der Waals surface area contributed by atoms with Crippen LogP contribution in [0.2, 0.25) is 0 Å². The maximum Gasteiger partial charge on any atom is 0.0760 e. The zero-order chi connectivity index (χ0) is 15.1. The van der Waals surface area contributed by atoms with Crippen LogP contribution in [0.25, 0.3) is 0 Å². The van der Waals surface area contributed by atoms with Crippen molar-refractivity contribution in [1.82, 2.24) is 4.90 Å². The van der Waals surface area contributed by atoms with Crippen LogP contribution < -0.4 is 5.73 Å². The van der Waals surface area contributed by atoms with Gasteiger partial charge in [0.2, 0.25) is 0 Å². The van der Waals surface area contributed by atoms with E-state index < -0.39 is 0 Å². The van der Waals surface area contributed by atoms with Crippen molar-refractivity contribution in [2.24, 2.45) is 23.5 Å². The Morgan fingerprint density at radius 1 is 1.05 bits per heavy atom. The fourth-order valence-corrected chi connectivity index (χ4v) is 4.66. The lowest BCUT2D eigenvalue weighted by Crippen LogP contribution is -2.59. The van der Waals surface area contributed by atoms with E-state index in [-0.39, 0.29) is 11.2 Å². The molecule has 118 valence electrons. The average Bonchev–Trinajstić information content (AvgIpc) is 2.18. The Balaban J connectivity index is 2.01. The normalized spacial score (nSPS) is 41.5. The molecule has 4 atom stereocenters. The quantitative estimate of drug-likeness (QED) is 0.846. The molecule has 1 aliphatic heterocycles. The van der Waals surface area contributed by atoms with Crippen molar-refractivity contribution in [3.63, 3.8) is 0 Å². The molecule has 0 bridgehead atoms. The van der Waals surface area contributed by atoms with Gasteiger partial charge >= 0.3 is 0 Å². The van der Waals surface area contributed by atoms with Gasteiger partial charge in [0.05, 0.1) is 11.2 Å². The van der Waals surface area contributed by atoms with Crippen LogP contribution in [-0.2, 0) is 4.74 Å². The lowest BCUT2D eigenvalue weighted by Gasteiger charge is -2.49. The number of nitrogens with zero attached hydrogens (tertiary/aromatic N) is 1. The first kappa shape index (κ1) is 16.3. The second-order valence-corrected chi connectivity index (χ2v) is 8.67. The molecule has 1 saturated carbocycles. The smallest absolute Gasteiger partial charge is 0.0760 e. The first-order valence-electron chi connectivity index (χ1n) is 8.26. The van der Waals surface area contributed by atoms with Gasteiger partial charge < -0.3 is 10.5 Å². The Bertz CT molecular complexity index is 312. The third-order valence-corrected chi connectivity index (χ3v) is 4.96. The van der Waals surface area contributed by atoms with E-state index in [4.69, 9.17) is 10.5 Å². The fourth-order valence-electron chi connectivity index (χ4n) is 4.66. The van der Waals surface area contributed by atoms with E-state index in [1.165, 1.54) is 12.8 Å². The summed E-state index contributed by atoms with van der Waals surface area (Å²) in [5.74, 6) is 2.16. The van der Waals surface area contributed by atoms with Crippen LogP contribution in [0.15, 0.2) is 0 Å². The molecule has 4 unspecified atom stereocenters. The van der Waals surface area contributed by atoms with Crippen molar-refractivity contribution in [3.05, 3.63) is 0 Å². The van der Waals surface area contributed by atoms with Crippen LogP contribution in [0.5, 0.6) is 0 Å². The van der Waals surface area contributed by atoms with Crippen molar-refractivity contribution in [2.45, 2.75) is 71.6 Å². The molecule has 2 fully saturated rings. The fraction of sp³-hybridized carbons (Fsp3) is 1.00. The molecule has 2 rings (SSSR count). The summed E-state index contributed by atoms with van der Waals surface area (Å²) in [5.41, 5.74) is 6.34. The molecular weight excluding hydrogens is 248 g/mol. The van der Waals surface area contributed by atoms with E-state index in [9.17, 15) is 0 Å². The number of ether oxygens (including phenoxy) is 1. The van der Waals surface area contributed by atoms with Gasteiger partial charge in [0, 0.05) is 25.7 Å². The molecule has 2 N–H and O–H groups in total. The SMILES string of the molecule is CC1CC(C)C(CN2CC(C)(C)OC(C)(C)C2)C(N)C1. The standard InChI is InChI=1S/C17H34N2O/c1-12-7-13(2)14(15(18)8-12)9-19-10-16(3,4)20-17(5,6)11-19/h12-15H,7-11,18H2,1-6H3. The topological polar surface area (TPSA) is 38.5 Å². The van der Waals surface area contributed by atoms with Gasteiger partial charge in [-0.3, -0.25) is 4.90 Å².